The number of ether oxygens (including phenoxy) is 1. The van der Waals surface area contributed by atoms with E-state index in [-0.39, 0.29) is 11.6 Å². The Hall–Kier alpha value is -0.320. The summed E-state index contributed by atoms with van der Waals surface area (Å²) in [5.74, 6) is 0.936. The van der Waals surface area contributed by atoms with Crippen molar-refractivity contribution >= 4 is 15.9 Å². The van der Waals surface area contributed by atoms with Gasteiger partial charge in [0.2, 0.25) is 0 Å². The third-order valence-corrected chi connectivity index (χ3v) is 4.23. The van der Waals surface area contributed by atoms with Crippen LogP contribution in [0.2, 0.25) is 0 Å². The zero-order valence-electron chi connectivity index (χ0n) is 9.75. The largest absolute Gasteiger partial charge is 0.466 e. The van der Waals surface area contributed by atoms with Gasteiger partial charge in [-0.1, -0.05) is 12.8 Å². The summed E-state index contributed by atoms with van der Waals surface area (Å²) in [6, 6.07) is 2.04. The average Bonchev–Trinajstić information content (AvgIpc) is 2.91. The number of rotatable bonds is 4. The predicted molar refractivity (Wildman–Crippen MR) is 66.4 cm³/mol. The van der Waals surface area contributed by atoms with Gasteiger partial charge in [-0.2, -0.15) is 0 Å². The van der Waals surface area contributed by atoms with E-state index in [0.29, 0.717) is 0 Å². The molecule has 1 aliphatic carbocycles. The molecular weight excluding hydrogens is 270 g/mol. The second-order valence-electron chi connectivity index (χ2n) is 4.33. The van der Waals surface area contributed by atoms with Crippen LogP contribution >= 0.6 is 15.9 Å². The predicted octanol–water partition coefficient (Wildman–Crippen LogP) is 3.26. The third kappa shape index (κ3) is 1.94. The Kier molecular flexibility index (Phi) is 3.72. The first-order valence-corrected chi connectivity index (χ1v) is 6.48. The smallest absolute Gasteiger partial charge is 0.137 e. The summed E-state index contributed by atoms with van der Waals surface area (Å²) in [5.41, 5.74) is -0.116. The molecule has 0 amide bonds. The van der Waals surface area contributed by atoms with E-state index in [2.05, 4.69) is 21.2 Å². The number of nitrogens with one attached hydrogen (secondary N) is 1. The lowest BCUT2D eigenvalue weighted by molar-refractivity contribution is -0.0403. The van der Waals surface area contributed by atoms with Crippen molar-refractivity contribution in [2.75, 3.05) is 14.2 Å². The Morgan fingerprint density at radius 2 is 2.19 bits per heavy atom. The maximum Gasteiger partial charge on any atom is 0.137 e. The van der Waals surface area contributed by atoms with Gasteiger partial charge in [-0.15, -0.1) is 0 Å². The van der Waals surface area contributed by atoms with Crippen molar-refractivity contribution in [1.29, 1.82) is 0 Å². The highest BCUT2D eigenvalue weighted by Crippen LogP contribution is 2.44. The second-order valence-corrected chi connectivity index (χ2v) is 5.18. The van der Waals surface area contributed by atoms with Crippen molar-refractivity contribution in [3.8, 4) is 0 Å². The molecule has 1 saturated carbocycles. The fraction of sp³-hybridized carbons (Fsp3) is 0.667. The van der Waals surface area contributed by atoms with Gasteiger partial charge < -0.3 is 14.5 Å². The van der Waals surface area contributed by atoms with E-state index in [4.69, 9.17) is 9.15 Å². The van der Waals surface area contributed by atoms with Gasteiger partial charge in [0.15, 0.2) is 0 Å². The van der Waals surface area contributed by atoms with E-state index >= 15 is 0 Å². The number of hydrogen-bond acceptors (Lipinski definition) is 3. The highest BCUT2D eigenvalue weighted by Gasteiger charge is 2.43. The van der Waals surface area contributed by atoms with Crippen LogP contribution in [0.3, 0.4) is 0 Å². The Bertz CT molecular complexity index is 345. The van der Waals surface area contributed by atoms with Crippen LogP contribution in [-0.2, 0) is 4.74 Å². The molecule has 16 heavy (non-hydrogen) atoms. The molecule has 1 fully saturated rings. The normalized spacial score (nSPS) is 21.2. The van der Waals surface area contributed by atoms with Crippen molar-refractivity contribution in [3.63, 3.8) is 0 Å². The zero-order valence-corrected chi connectivity index (χ0v) is 11.3. The van der Waals surface area contributed by atoms with Gasteiger partial charge in [-0.05, 0) is 41.9 Å². The molecule has 1 heterocycles. The monoisotopic (exact) mass is 287 g/mol. The van der Waals surface area contributed by atoms with Crippen molar-refractivity contribution in [2.45, 2.75) is 37.3 Å². The quantitative estimate of drug-likeness (QED) is 0.923. The van der Waals surface area contributed by atoms with E-state index < -0.39 is 0 Å². The molecule has 1 atom stereocenters. The van der Waals surface area contributed by atoms with Crippen LogP contribution in [0.1, 0.15) is 37.5 Å². The molecule has 1 aromatic heterocycles. The average molecular weight is 288 g/mol. The van der Waals surface area contributed by atoms with Gasteiger partial charge in [-0.3, -0.25) is 0 Å². The maximum absolute atomic E-state index is 5.79. The lowest BCUT2D eigenvalue weighted by Gasteiger charge is -2.35. The number of hydrogen-bond donors (Lipinski definition) is 1. The zero-order chi connectivity index (χ0) is 11.6. The molecule has 0 saturated heterocycles. The van der Waals surface area contributed by atoms with E-state index in [0.717, 1.165) is 23.1 Å². The number of methoxy groups -OCH3 is 1. The highest BCUT2D eigenvalue weighted by molar-refractivity contribution is 9.10. The first-order chi connectivity index (χ1) is 7.73. The standard InChI is InChI=1S/C12H18BrNO2/c1-14-11(10-9(13)5-8-16-10)12(15-2)6-3-4-7-12/h5,8,11,14H,3-4,6-7H2,1-2H3. The van der Waals surface area contributed by atoms with Crippen LogP contribution < -0.4 is 5.32 Å². The number of likely N-dealkylation sites (N-methyl/N-ethyl adjacent to an activating group) is 1. The van der Waals surface area contributed by atoms with E-state index in [1.54, 1.807) is 13.4 Å². The molecule has 4 heteroatoms. The summed E-state index contributed by atoms with van der Waals surface area (Å²) in [4.78, 5) is 0. The van der Waals surface area contributed by atoms with Crippen molar-refractivity contribution in [3.05, 3.63) is 22.6 Å². The molecule has 1 unspecified atom stereocenters. The van der Waals surface area contributed by atoms with E-state index in [1.807, 2.05) is 13.1 Å². The Labute approximate surface area is 105 Å². The molecule has 1 aliphatic rings. The summed E-state index contributed by atoms with van der Waals surface area (Å²) in [6.07, 6.45) is 6.33. The second kappa shape index (κ2) is 4.90. The van der Waals surface area contributed by atoms with Crippen LogP contribution in [-0.4, -0.2) is 19.8 Å². The van der Waals surface area contributed by atoms with Crippen LogP contribution in [0.25, 0.3) is 0 Å². The van der Waals surface area contributed by atoms with E-state index in [9.17, 15) is 0 Å². The molecule has 0 aliphatic heterocycles. The van der Waals surface area contributed by atoms with Gasteiger partial charge in [0, 0.05) is 7.11 Å². The fourth-order valence-electron chi connectivity index (χ4n) is 2.73. The van der Waals surface area contributed by atoms with Crippen molar-refractivity contribution in [1.82, 2.24) is 5.32 Å². The summed E-state index contributed by atoms with van der Waals surface area (Å²) in [7, 11) is 3.76. The Morgan fingerprint density at radius 3 is 2.62 bits per heavy atom. The third-order valence-electron chi connectivity index (χ3n) is 3.58. The van der Waals surface area contributed by atoms with Crippen molar-refractivity contribution in [2.24, 2.45) is 0 Å². The van der Waals surface area contributed by atoms with Crippen LogP contribution in [0.5, 0.6) is 0 Å². The summed E-state index contributed by atoms with van der Waals surface area (Å²) >= 11 is 3.52. The summed E-state index contributed by atoms with van der Waals surface area (Å²) in [6.45, 7) is 0. The lowest BCUT2D eigenvalue weighted by Crippen LogP contribution is -2.42. The van der Waals surface area contributed by atoms with Crippen molar-refractivity contribution < 1.29 is 9.15 Å². The molecule has 90 valence electrons. The highest BCUT2D eigenvalue weighted by atomic mass is 79.9. The molecule has 0 bridgehead atoms. The van der Waals surface area contributed by atoms with Gasteiger partial charge in [0.1, 0.15) is 5.76 Å². The molecule has 1 N–H and O–H groups in total. The fourth-order valence-corrected chi connectivity index (χ4v) is 3.16. The molecule has 2 rings (SSSR count). The van der Waals surface area contributed by atoms with Gasteiger partial charge in [0.05, 0.1) is 22.4 Å². The molecule has 0 radical (unpaired) electrons. The maximum atomic E-state index is 5.79. The molecule has 0 aromatic carbocycles. The Balaban J connectivity index is 2.31. The number of furan rings is 1. The van der Waals surface area contributed by atoms with Crippen LogP contribution in [0.4, 0.5) is 0 Å². The topological polar surface area (TPSA) is 34.4 Å². The van der Waals surface area contributed by atoms with Gasteiger partial charge >= 0.3 is 0 Å². The minimum absolute atomic E-state index is 0.115. The number of halogens is 1. The van der Waals surface area contributed by atoms with Gasteiger partial charge in [0.25, 0.3) is 0 Å². The van der Waals surface area contributed by atoms with Crippen LogP contribution in [0.15, 0.2) is 21.2 Å². The first-order valence-electron chi connectivity index (χ1n) is 5.69. The summed E-state index contributed by atoms with van der Waals surface area (Å²) in [5, 5.41) is 3.33. The molecule has 1 aromatic rings. The van der Waals surface area contributed by atoms with Crippen LogP contribution in [0, 0.1) is 0 Å². The molecular formula is C12H18BrNO2. The minimum Gasteiger partial charge on any atom is -0.466 e. The SMILES string of the molecule is CNC(c1occc1Br)C1(OC)CCCC1. The van der Waals surface area contributed by atoms with E-state index in [1.165, 1.54) is 12.8 Å². The lowest BCUT2D eigenvalue weighted by atomic mass is 9.90. The first kappa shape index (κ1) is 12.1. The molecule has 0 spiro atoms. The van der Waals surface area contributed by atoms with Gasteiger partial charge in [-0.25, -0.2) is 0 Å². The minimum atomic E-state index is -0.116. The molecule has 3 nitrogen and oxygen atoms in total. The Morgan fingerprint density at radius 1 is 1.50 bits per heavy atom. The summed E-state index contributed by atoms with van der Waals surface area (Å²) < 4.78 is 12.4.